The molecule has 0 aromatic carbocycles. The number of ether oxygens (including phenoxy) is 4. The number of hydrogen-bond donors (Lipinski definition) is 9. The molecule has 0 radical (unpaired) electrons. The van der Waals surface area contributed by atoms with Crippen molar-refractivity contribution in [2.75, 3.05) is 60.3 Å². The summed E-state index contributed by atoms with van der Waals surface area (Å²) >= 11 is 0. The van der Waals surface area contributed by atoms with E-state index in [9.17, 15) is 54.0 Å². The van der Waals surface area contributed by atoms with Gasteiger partial charge in [-0.3, -0.25) is 33.6 Å². The maximum absolute atomic E-state index is 12.6. The minimum atomic E-state index is -1.35. The first-order chi connectivity index (χ1) is 32.3. The first kappa shape index (κ1) is 56.6. The lowest BCUT2D eigenvalue weighted by Crippen LogP contribution is -2.62. The summed E-state index contributed by atoms with van der Waals surface area (Å²) in [4.78, 5) is 90.2. The second-order valence-corrected chi connectivity index (χ2v) is 19.7. The Balaban J connectivity index is 1.03. The van der Waals surface area contributed by atoms with Crippen molar-refractivity contribution in [1.29, 1.82) is 0 Å². The summed E-state index contributed by atoms with van der Waals surface area (Å²) < 4.78 is 20.8. The Hall–Kier alpha value is -3.99. The van der Waals surface area contributed by atoms with Crippen molar-refractivity contribution in [2.24, 2.45) is 46.3 Å². The third-order valence-electron chi connectivity index (χ3n) is 15.6. The molecule has 68 heavy (non-hydrogen) atoms. The fourth-order valence-corrected chi connectivity index (χ4v) is 11.9. The quantitative estimate of drug-likeness (QED) is 0.0279. The van der Waals surface area contributed by atoms with Gasteiger partial charge in [-0.1, -0.05) is 20.8 Å². The zero-order chi connectivity index (χ0) is 50.0. The van der Waals surface area contributed by atoms with Crippen LogP contribution in [-0.2, 0) is 57.3 Å². The molecule has 21 nitrogen and oxygen atoms in total. The van der Waals surface area contributed by atoms with E-state index in [0.717, 1.165) is 19.3 Å². The number of aliphatic carboxylic acids is 2. The van der Waals surface area contributed by atoms with E-state index in [1.165, 1.54) is 14.2 Å². The maximum Gasteiger partial charge on any atom is 0.326 e. The van der Waals surface area contributed by atoms with Crippen molar-refractivity contribution < 1.29 is 77.8 Å². The lowest BCUT2D eigenvalue weighted by molar-refractivity contribution is -0.212. The number of carbonyl (C=O) groups is 7. The Morgan fingerprint density at radius 1 is 0.706 bits per heavy atom. The SMILES string of the molecule is COC(CCCNC(=O)CNC(=O)CC[C@H](NC(=O)COCCOCCNC(=O)CCC(=O)NO[C@H]1CC[C@@]2(C)[C@@H](C1)C[C@@H](O)[C@H]1C3CC[C@H]([C@H](C)CCC(=O)O)[C@@]3(C)[C@@H](O)C[C@@H]12)C(=O)O)OC. The average molecular weight is 970 g/mol. The zero-order valence-corrected chi connectivity index (χ0v) is 40.6. The maximum atomic E-state index is 12.6. The molecule has 9 N–H and O–H groups in total. The van der Waals surface area contributed by atoms with E-state index in [4.69, 9.17) is 23.8 Å². The van der Waals surface area contributed by atoms with Gasteiger partial charge in [0.25, 0.3) is 0 Å². The van der Waals surface area contributed by atoms with E-state index in [2.05, 4.69) is 47.5 Å². The summed E-state index contributed by atoms with van der Waals surface area (Å²) in [5.74, 6) is -3.69. The predicted octanol–water partition coefficient (Wildman–Crippen LogP) is 1.41. The van der Waals surface area contributed by atoms with Gasteiger partial charge in [-0.05, 0) is 111 Å². The van der Waals surface area contributed by atoms with Gasteiger partial charge in [0.15, 0.2) is 6.29 Å². The molecule has 4 aliphatic rings. The van der Waals surface area contributed by atoms with Gasteiger partial charge < -0.3 is 60.6 Å². The molecule has 4 fully saturated rings. The number of hydroxylamine groups is 1. The molecule has 4 saturated carbocycles. The molecule has 0 aromatic heterocycles. The van der Waals surface area contributed by atoms with Crippen molar-refractivity contribution in [3.05, 3.63) is 0 Å². The van der Waals surface area contributed by atoms with Crippen molar-refractivity contribution in [3.8, 4) is 0 Å². The van der Waals surface area contributed by atoms with E-state index in [1.54, 1.807) is 0 Å². The van der Waals surface area contributed by atoms with Crippen molar-refractivity contribution >= 4 is 41.5 Å². The van der Waals surface area contributed by atoms with Gasteiger partial charge in [0.2, 0.25) is 29.5 Å². The molecule has 4 rings (SSSR count). The number of aliphatic hydroxyl groups excluding tert-OH is 2. The van der Waals surface area contributed by atoms with Crippen LogP contribution in [0.3, 0.4) is 0 Å². The van der Waals surface area contributed by atoms with Crippen LogP contribution in [0.15, 0.2) is 0 Å². The normalized spacial score (nSPS) is 29.4. The summed E-state index contributed by atoms with van der Waals surface area (Å²) in [7, 11) is 3.03. The molecule has 5 amide bonds. The summed E-state index contributed by atoms with van der Waals surface area (Å²) in [5.41, 5.74) is 2.05. The summed E-state index contributed by atoms with van der Waals surface area (Å²) in [6, 6.07) is -1.35. The largest absolute Gasteiger partial charge is 0.481 e. The van der Waals surface area contributed by atoms with Gasteiger partial charge in [-0.2, -0.15) is 0 Å². The topological polar surface area (TPSA) is 307 Å². The fourth-order valence-electron chi connectivity index (χ4n) is 11.9. The number of methoxy groups -OCH3 is 2. The minimum absolute atomic E-state index is 0.00737. The molecule has 0 aromatic rings. The zero-order valence-electron chi connectivity index (χ0n) is 40.6. The van der Waals surface area contributed by atoms with Gasteiger partial charge in [0.05, 0.1) is 44.7 Å². The van der Waals surface area contributed by atoms with Crippen LogP contribution in [0.4, 0.5) is 0 Å². The van der Waals surface area contributed by atoms with E-state index in [-0.39, 0.29) is 130 Å². The summed E-state index contributed by atoms with van der Waals surface area (Å²) in [6.45, 7) is 6.59. The number of hydrogen-bond acceptors (Lipinski definition) is 14. The van der Waals surface area contributed by atoms with Crippen LogP contribution < -0.4 is 26.7 Å². The molecule has 4 aliphatic carbocycles. The standard InChI is InChI=1S/C47H79N5O16/c1-28(8-15-42(60)61)31-9-10-32-44-33(25-36(54)47(31,32)3)46(2)17-16-30(23-29(46)24-35(44)53)68-52-39(57)14-13-37(55)49-19-20-66-21-22-67-27-41(59)51-34(45(62)63)11-12-38(56)50-26-40(58)48-18-6-7-43(64-4)65-5/h28-36,43-44,53-54H,6-27H2,1-5H3,(H,48,58)(H,49,55)(H,50,56)(H,51,59)(H,52,57)(H,60,61)(H,62,63)/t28-,29+,30+,31-,32?,33+,34+,35-,36+,44+,46+,47-/m1/s1. The van der Waals surface area contributed by atoms with E-state index in [0.29, 0.717) is 51.5 Å². The highest BCUT2D eigenvalue weighted by atomic mass is 16.7. The molecule has 1 unspecified atom stereocenters. The number of aliphatic hydroxyl groups is 2. The Kier molecular flexibility index (Phi) is 22.8. The summed E-state index contributed by atoms with van der Waals surface area (Å²) in [6.07, 6.45) is 4.89. The Morgan fingerprint density at radius 2 is 1.40 bits per heavy atom. The van der Waals surface area contributed by atoms with Crippen LogP contribution in [-0.4, -0.2) is 153 Å². The van der Waals surface area contributed by atoms with Crippen LogP contribution >= 0.6 is 0 Å². The van der Waals surface area contributed by atoms with Crippen LogP contribution in [0.1, 0.15) is 117 Å². The Labute approximate surface area is 399 Å². The van der Waals surface area contributed by atoms with Gasteiger partial charge in [-0.25, -0.2) is 10.3 Å². The number of rotatable bonds is 30. The predicted molar refractivity (Wildman–Crippen MR) is 243 cm³/mol. The van der Waals surface area contributed by atoms with Crippen LogP contribution in [0, 0.1) is 46.3 Å². The molecule has 21 heteroatoms. The number of carboxylic acid groups (broad SMARTS) is 2. The highest BCUT2D eigenvalue weighted by Gasteiger charge is 2.65. The van der Waals surface area contributed by atoms with Crippen molar-refractivity contribution in [2.45, 2.75) is 148 Å². The van der Waals surface area contributed by atoms with E-state index in [1.807, 2.05) is 0 Å². The molecular formula is C47H79N5O16. The lowest BCUT2D eigenvalue weighted by Gasteiger charge is -2.63. The lowest BCUT2D eigenvalue weighted by atomic mass is 9.43. The van der Waals surface area contributed by atoms with Crippen LogP contribution in [0.25, 0.3) is 0 Å². The third kappa shape index (κ3) is 16.0. The first-order valence-electron chi connectivity index (χ1n) is 24.4. The number of carbonyl (C=O) groups excluding carboxylic acids is 5. The van der Waals surface area contributed by atoms with Gasteiger partial charge in [0.1, 0.15) is 12.6 Å². The van der Waals surface area contributed by atoms with Crippen LogP contribution in [0.5, 0.6) is 0 Å². The second kappa shape index (κ2) is 27.4. The number of amides is 5. The van der Waals surface area contributed by atoms with Crippen molar-refractivity contribution in [3.63, 3.8) is 0 Å². The molecule has 0 heterocycles. The smallest absolute Gasteiger partial charge is 0.326 e. The second-order valence-electron chi connectivity index (χ2n) is 19.7. The molecule has 0 saturated heterocycles. The molecule has 388 valence electrons. The van der Waals surface area contributed by atoms with E-state index < -0.39 is 60.4 Å². The van der Waals surface area contributed by atoms with Gasteiger partial charge in [-0.15, -0.1) is 0 Å². The third-order valence-corrected chi connectivity index (χ3v) is 15.6. The Morgan fingerprint density at radius 3 is 2.10 bits per heavy atom. The highest BCUT2D eigenvalue weighted by Crippen LogP contribution is 2.68. The number of carboxylic acids is 2. The highest BCUT2D eigenvalue weighted by molar-refractivity contribution is 5.86. The molecule has 0 bridgehead atoms. The minimum Gasteiger partial charge on any atom is -0.481 e. The fraction of sp³-hybridized carbons (Fsp3) is 0.851. The molecule has 0 aliphatic heterocycles. The summed E-state index contributed by atoms with van der Waals surface area (Å²) in [5, 5.41) is 52.3. The van der Waals surface area contributed by atoms with Crippen molar-refractivity contribution in [1.82, 2.24) is 26.7 Å². The first-order valence-corrected chi connectivity index (χ1v) is 24.4. The van der Waals surface area contributed by atoms with E-state index >= 15 is 0 Å². The monoisotopic (exact) mass is 970 g/mol. The number of fused-ring (bicyclic) bond motifs is 5. The Bertz CT molecular complexity index is 1690. The van der Waals surface area contributed by atoms with Crippen LogP contribution in [0.2, 0.25) is 0 Å². The molecule has 0 spiro atoms. The molecule has 12 atom stereocenters. The average Bonchev–Trinajstić information content (AvgIpc) is 3.66. The van der Waals surface area contributed by atoms with Gasteiger partial charge in [0, 0.05) is 59.4 Å². The molecular weight excluding hydrogens is 891 g/mol. The number of nitrogens with one attached hydrogen (secondary N) is 5. The van der Waals surface area contributed by atoms with Gasteiger partial charge >= 0.3 is 11.9 Å².